The number of fused-ring (bicyclic) bond motifs is 1. The minimum Gasteiger partial charge on any atom is -0.492 e. The van der Waals surface area contributed by atoms with Crippen molar-refractivity contribution >= 4 is 17.1 Å². The lowest BCUT2D eigenvalue weighted by Gasteiger charge is -2.18. The van der Waals surface area contributed by atoms with Gasteiger partial charge < -0.3 is 30.9 Å². The molecule has 22 heavy (non-hydrogen) atoms. The molecule has 11 heteroatoms. The lowest BCUT2D eigenvalue weighted by Crippen LogP contribution is -2.45. The molecule has 0 radical (unpaired) electrons. The smallest absolute Gasteiger partial charge is 0.249 e. The van der Waals surface area contributed by atoms with E-state index in [0.717, 1.165) is 6.33 Å². The van der Waals surface area contributed by atoms with E-state index >= 15 is 0 Å². The predicted octanol–water partition coefficient (Wildman–Crippen LogP) is -3.00. The van der Waals surface area contributed by atoms with E-state index in [0.29, 0.717) is 0 Å². The Hall–Kier alpha value is -2.34. The summed E-state index contributed by atoms with van der Waals surface area (Å²) in [7, 11) is 0. The monoisotopic (exact) mass is 311 g/mol. The third kappa shape index (κ3) is 2.07. The highest BCUT2D eigenvalue weighted by molar-refractivity contribution is 5.79. The number of hydrogen-bond acceptors (Lipinski definition) is 9. The highest BCUT2D eigenvalue weighted by Gasteiger charge is 2.48. The molecule has 118 valence electrons. The summed E-state index contributed by atoms with van der Waals surface area (Å²) in [5, 5.41) is 39.2. The van der Waals surface area contributed by atoms with Crippen molar-refractivity contribution in [2.45, 2.75) is 30.6 Å². The summed E-state index contributed by atoms with van der Waals surface area (Å²) in [6, 6.07) is 0. The summed E-state index contributed by atoms with van der Waals surface area (Å²) in [4.78, 5) is 22.4. The van der Waals surface area contributed by atoms with E-state index in [-0.39, 0.29) is 17.0 Å². The van der Waals surface area contributed by atoms with Crippen molar-refractivity contribution in [3.05, 3.63) is 12.7 Å². The van der Waals surface area contributed by atoms with E-state index < -0.39 is 36.6 Å². The first kappa shape index (κ1) is 14.6. The molecule has 0 bridgehead atoms. The number of ether oxygens (including phenoxy) is 1. The number of aromatic hydroxyl groups is 1. The number of amides is 1. The van der Waals surface area contributed by atoms with E-state index in [1.807, 2.05) is 0 Å². The van der Waals surface area contributed by atoms with E-state index in [2.05, 4.69) is 15.0 Å². The number of carbonyl (C=O) groups excluding carboxylic acids is 1. The van der Waals surface area contributed by atoms with Gasteiger partial charge in [0.15, 0.2) is 23.5 Å². The van der Waals surface area contributed by atoms with Crippen molar-refractivity contribution in [3.63, 3.8) is 0 Å². The number of primary amides is 1. The van der Waals surface area contributed by atoms with Crippen LogP contribution < -0.4 is 5.73 Å². The summed E-state index contributed by atoms with van der Waals surface area (Å²) in [5.41, 5.74) is 5.19. The van der Waals surface area contributed by atoms with Crippen LogP contribution in [0.2, 0.25) is 0 Å². The Labute approximate surface area is 122 Å². The fourth-order valence-corrected chi connectivity index (χ4v) is 2.36. The van der Waals surface area contributed by atoms with E-state index in [1.165, 1.54) is 10.9 Å². The van der Waals surface area contributed by atoms with Gasteiger partial charge in [-0.15, -0.1) is 0 Å². The number of hydrogen-bond donors (Lipinski definition) is 5. The molecule has 11 nitrogen and oxygen atoms in total. The summed E-state index contributed by atoms with van der Waals surface area (Å²) in [6.45, 7) is 0. The molecule has 1 aliphatic heterocycles. The predicted molar refractivity (Wildman–Crippen MR) is 68.1 cm³/mol. The van der Waals surface area contributed by atoms with Crippen LogP contribution in [0.15, 0.2) is 12.7 Å². The van der Waals surface area contributed by atoms with Crippen LogP contribution in [-0.4, -0.2) is 70.3 Å². The summed E-state index contributed by atoms with van der Waals surface area (Å²) in [6.07, 6.45) is -5.05. The normalized spacial score (nSPS) is 29.8. The Morgan fingerprint density at radius 2 is 2.05 bits per heavy atom. The average Bonchev–Trinajstić information content (AvgIpc) is 3.02. The van der Waals surface area contributed by atoms with Crippen LogP contribution in [0.25, 0.3) is 11.2 Å². The van der Waals surface area contributed by atoms with Crippen molar-refractivity contribution in [1.29, 1.82) is 0 Å². The third-order valence-corrected chi connectivity index (χ3v) is 3.49. The molecule has 1 amide bonds. The highest BCUT2D eigenvalue weighted by Crippen LogP contribution is 2.33. The fourth-order valence-electron chi connectivity index (χ4n) is 2.36. The van der Waals surface area contributed by atoms with Crippen molar-refractivity contribution < 1.29 is 30.0 Å². The molecule has 6 N–H and O–H groups in total. The number of nitrogens with two attached hydrogens (primary N) is 1. The van der Waals surface area contributed by atoms with Gasteiger partial charge in [0, 0.05) is 0 Å². The summed E-state index contributed by atoms with van der Waals surface area (Å²) >= 11 is 0. The van der Waals surface area contributed by atoms with Gasteiger partial charge in [0.05, 0.1) is 6.33 Å². The molecule has 1 fully saturated rings. The SMILES string of the molecule is NC(=O)C(O)[C@H]1O[C@@H](n2cnc3c(O)ncnc32)[C@H](O)[C@@H]1O. The van der Waals surface area contributed by atoms with Gasteiger partial charge in [0.1, 0.15) is 24.6 Å². The molecule has 3 heterocycles. The fraction of sp³-hybridized carbons (Fsp3) is 0.455. The van der Waals surface area contributed by atoms with Gasteiger partial charge in [-0.1, -0.05) is 0 Å². The zero-order chi connectivity index (χ0) is 16.0. The van der Waals surface area contributed by atoms with Gasteiger partial charge in [-0.05, 0) is 0 Å². The van der Waals surface area contributed by atoms with Crippen LogP contribution in [0.1, 0.15) is 6.23 Å². The minimum absolute atomic E-state index is 0.0756. The molecule has 3 rings (SSSR count). The first-order valence-corrected chi connectivity index (χ1v) is 6.27. The number of rotatable bonds is 3. The average molecular weight is 311 g/mol. The Morgan fingerprint density at radius 3 is 2.73 bits per heavy atom. The van der Waals surface area contributed by atoms with E-state index in [9.17, 15) is 25.2 Å². The maximum atomic E-state index is 11.0. The zero-order valence-corrected chi connectivity index (χ0v) is 11.0. The first-order chi connectivity index (χ1) is 10.4. The van der Waals surface area contributed by atoms with E-state index in [1.54, 1.807) is 0 Å². The van der Waals surface area contributed by atoms with Crippen molar-refractivity contribution in [1.82, 2.24) is 19.5 Å². The number of nitrogens with zero attached hydrogens (tertiary/aromatic N) is 4. The molecule has 2 aromatic heterocycles. The van der Waals surface area contributed by atoms with Crippen LogP contribution >= 0.6 is 0 Å². The zero-order valence-electron chi connectivity index (χ0n) is 11.0. The molecule has 0 saturated carbocycles. The second kappa shape index (κ2) is 5.14. The van der Waals surface area contributed by atoms with Gasteiger partial charge in [-0.2, -0.15) is 4.98 Å². The van der Waals surface area contributed by atoms with E-state index in [4.69, 9.17) is 10.5 Å². The van der Waals surface area contributed by atoms with Gasteiger partial charge in [0.2, 0.25) is 11.8 Å². The van der Waals surface area contributed by atoms with Crippen molar-refractivity contribution in [2.75, 3.05) is 0 Å². The van der Waals surface area contributed by atoms with Crippen LogP contribution in [0, 0.1) is 0 Å². The Balaban J connectivity index is 1.98. The largest absolute Gasteiger partial charge is 0.492 e. The molecule has 0 aromatic carbocycles. The second-order valence-corrected chi connectivity index (χ2v) is 4.84. The number of imidazole rings is 1. The number of carbonyl (C=O) groups is 1. The molecular formula is C11H13N5O6. The second-order valence-electron chi connectivity index (χ2n) is 4.84. The summed E-state index contributed by atoms with van der Waals surface area (Å²) < 4.78 is 6.58. The minimum atomic E-state index is -1.78. The quantitative estimate of drug-likeness (QED) is 0.395. The maximum Gasteiger partial charge on any atom is 0.249 e. The van der Waals surface area contributed by atoms with Gasteiger partial charge in [-0.3, -0.25) is 9.36 Å². The van der Waals surface area contributed by atoms with Gasteiger partial charge in [0.25, 0.3) is 0 Å². The molecular weight excluding hydrogens is 298 g/mol. The van der Waals surface area contributed by atoms with Crippen molar-refractivity contribution in [2.24, 2.45) is 5.73 Å². The molecule has 1 saturated heterocycles. The standard InChI is InChI=1S/C11H13N5O6/c12-8(20)6(19)7-4(17)5(18)11(22-7)16-2-15-3-9(16)13-1-14-10(3)21/h1-2,4-7,11,17-19H,(H2,12,20)(H,13,14,21)/t4-,5+,6?,7-,11+/m0/s1. The Kier molecular flexibility index (Phi) is 3.41. The van der Waals surface area contributed by atoms with Crippen LogP contribution in [0.4, 0.5) is 0 Å². The lowest BCUT2D eigenvalue weighted by atomic mass is 10.1. The van der Waals surface area contributed by atoms with Crippen LogP contribution in [-0.2, 0) is 9.53 Å². The molecule has 5 atom stereocenters. The Morgan fingerprint density at radius 1 is 1.32 bits per heavy atom. The van der Waals surface area contributed by atoms with Crippen molar-refractivity contribution in [3.8, 4) is 5.88 Å². The van der Waals surface area contributed by atoms with Gasteiger partial charge in [-0.25, -0.2) is 9.97 Å². The van der Waals surface area contributed by atoms with Crippen LogP contribution in [0.5, 0.6) is 5.88 Å². The van der Waals surface area contributed by atoms with Gasteiger partial charge >= 0.3 is 0 Å². The lowest BCUT2D eigenvalue weighted by molar-refractivity contribution is -0.140. The Bertz CT molecular complexity index is 720. The number of aliphatic hydroxyl groups excluding tert-OH is 3. The topological polar surface area (TPSA) is 177 Å². The molecule has 2 aromatic rings. The maximum absolute atomic E-state index is 11.0. The molecule has 1 aliphatic rings. The van der Waals surface area contributed by atoms with Crippen LogP contribution in [0.3, 0.4) is 0 Å². The molecule has 0 aliphatic carbocycles. The summed E-state index contributed by atoms with van der Waals surface area (Å²) in [5.74, 6) is -1.45. The third-order valence-electron chi connectivity index (χ3n) is 3.49. The number of aliphatic hydroxyl groups is 3. The molecule has 0 spiro atoms. The molecule has 1 unspecified atom stereocenters. The highest BCUT2D eigenvalue weighted by atomic mass is 16.6. The first-order valence-electron chi connectivity index (χ1n) is 6.27. The number of aromatic nitrogens is 4.